The highest BCUT2D eigenvalue weighted by Gasteiger charge is 2.35. The normalized spacial score (nSPS) is 14.9. The molecule has 5 rings (SSSR count). The van der Waals surface area contributed by atoms with Crippen molar-refractivity contribution in [2.24, 2.45) is 0 Å². The smallest absolute Gasteiger partial charge is 0.271 e. The first-order chi connectivity index (χ1) is 16.7. The molecule has 34 heavy (non-hydrogen) atoms. The zero-order chi connectivity index (χ0) is 23.3. The van der Waals surface area contributed by atoms with Crippen LogP contribution < -0.4 is 5.32 Å². The van der Waals surface area contributed by atoms with Crippen LogP contribution in [0.5, 0.6) is 0 Å². The molecule has 1 N–H and O–H groups in total. The average Bonchev–Trinajstić information content (AvgIpc) is 3.34. The first-order valence-electron chi connectivity index (χ1n) is 11.4. The SMILES string of the molecule is O=C(NCCc1ccccc1)c1cn2c(n1)C(c1ccccc1)N(C(=O)c1cccnc1)CC2. The summed E-state index contributed by atoms with van der Waals surface area (Å²) in [6, 6.07) is 23.0. The molecule has 7 nitrogen and oxygen atoms in total. The number of fused-ring (bicyclic) bond motifs is 1. The van der Waals surface area contributed by atoms with Gasteiger partial charge in [-0.05, 0) is 29.7 Å². The molecule has 170 valence electrons. The largest absolute Gasteiger partial charge is 0.350 e. The van der Waals surface area contributed by atoms with E-state index in [9.17, 15) is 9.59 Å². The highest BCUT2D eigenvalue weighted by atomic mass is 16.2. The van der Waals surface area contributed by atoms with E-state index in [1.165, 1.54) is 5.56 Å². The molecule has 0 fully saturated rings. The predicted molar refractivity (Wildman–Crippen MR) is 128 cm³/mol. The lowest BCUT2D eigenvalue weighted by molar-refractivity contribution is 0.0658. The van der Waals surface area contributed by atoms with E-state index in [4.69, 9.17) is 4.98 Å². The van der Waals surface area contributed by atoms with E-state index >= 15 is 0 Å². The van der Waals surface area contributed by atoms with Crippen LogP contribution in [-0.2, 0) is 13.0 Å². The molecule has 0 radical (unpaired) electrons. The number of aromatic nitrogens is 3. The Morgan fingerprint density at radius 1 is 0.941 bits per heavy atom. The van der Waals surface area contributed by atoms with Gasteiger partial charge >= 0.3 is 0 Å². The third-order valence-corrected chi connectivity index (χ3v) is 6.00. The van der Waals surface area contributed by atoms with Gasteiger partial charge in [0.1, 0.15) is 17.6 Å². The van der Waals surface area contributed by atoms with E-state index in [0.717, 1.165) is 12.0 Å². The topological polar surface area (TPSA) is 80.1 Å². The number of rotatable bonds is 6. The fourth-order valence-corrected chi connectivity index (χ4v) is 4.31. The molecule has 0 saturated carbocycles. The minimum Gasteiger partial charge on any atom is -0.350 e. The number of carbonyl (C=O) groups is 2. The van der Waals surface area contributed by atoms with E-state index in [1.54, 1.807) is 30.7 Å². The zero-order valence-corrected chi connectivity index (χ0v) is 18.7. The Labute approximate surface area is 198 Å². The van der Waals surface area contributed by atoms with Crippen LogP contribution in [0.1, 0.15) is 43.8 Å². The van der Waals surface area contributed by atoms with Gasteiger partial charge in [-0.1, -0.05) is 60.7 Å². The minimum absolute atomic E-state index is 0.106. The van der Waals surface area contributed by atoms with E-state index < -0.39 is 6.04 Å². The highest BCUT2D eigenvalue weighted by Crippen LogP contribution is 2.32. The summed E-state index contributed by atoms with van der Waals surface area (Å²) in [4.78, 5) is 36.8. The first kappa shape index (κ1) is 21.6. The maximum atomic E-state index is 13.4. The van der Waals surface area contributed by atoms with Crippen LogP contribution in [0.2, 0.25) is 0 Å². The third-order valence-electron chi connectivity index (χ3n) is 6.00. The maximum absolute atomic E-state index is 13.4. The summed E-state index contributed by atoms with van der Waals surface area (Å²) < 4.78 is 1.98. The standard InChI is InChI=1S/C27H25N5O2/c33-26(29-15-13-20-8-3-1-4-9-20)23-19-31-16-17-32(27(34)22-12-7-14-28-18-22)24(25(31)30-23)21-10-5-2-6-11-21/h1-12,14,18-19,24H,13,15-17H2,(H,29,33). The number of benzene rings is 2. The van der Waals surface area contributed by atoms with Crippen molar-refractivity contribution in [3.8, 4) is 0 Å². The lowest BCUT2D eigenvalue weighted by atomic mass is 10.0. The number of imidazole rings is 1. The number of nitrogens with zero attached hydrogens (tertiary/aromatic N) is 4. The number of hydrogen-bond acceptors (Lipinski definition) is 4. The van der Waals surface area contributed by atoms with E-state index in [-0.39, 0.29) is 11.8 Å². The van der Waals surface area contributed by atoms with Crippen molar-refractivity contribution in [1.82, 2.24) is 24.8 Å². The fourth-order valence-electron chi connectivity index (χ4n) is 4.31. The second-order valence-electron chi connectivity index (χ2n) is 8.22. The van der Waals surface area contributed by atoms with Gasteiger partial charge < -0.3 is 14.8 Å². The molecule has 7 heteroatoms. The van der Waals surface area contributed by atoms with Gasteiger partial charge in [-0.3, -0.25) is 14.6 Å². The van der Waals surface area contributed by atoms with Gasteiger partial charge in [-0.2, -0.15) is 0 Å². The van der Waals surface area contributed by atoms with Crippen molar-refractivity contribution in [2.75, 3.05) is 13.1 Å². The number of carbonyl (C=O) groups excluding carboxylic acids is 2. The molecule has 0 bridgehead atoms. The van der Waals surface area contributed by atoms with Crippen LogP contribution in [0.15, 0.2) is 91.4 Å². The molecular formula is C27H25N5O2. The highest BCUT2D eigenvalue weighted by molar-refractivity contribution is 5.95. The predicted octanol–water partition coefficient (Wildman–Crippen LogP) is 3.50. The Bertz CT molecular complexity index is 1270. The first-order valence-corrected chi connectivity index (χ1v) is 11.4. The Morgan fingerprint density at radius 3 is 2.44 bits per heavy atom. The molecule has 0 spiro atoms. The van der Waals surface area contributed by atoms with E-state index in [1.807, 2.05) is 70.1 Å². The third kappa shape index (κ3) is 4.45. The monoisotopic (exact) mass is 451 g/mol. The van der Waals surface area contributed by atoms with E-state index in [0.29, 0.717) is 36.7 Å². The van der Waals surface area contributed by atoms with Crippen LogP contribution in [0.4, 0.5) is 0 Å². The summed E-state index contributed by atoms with van der Waals surface area (Å²) in [7, 11) is 0. The van der Waals surface area contributed by atoms with Crippen LogP contribution in [-0.4, -0.2) is 44.3 Å². The van der Waals surface area contributed by atoms with Crippen molar-refractivity contribution in [3.63, 3.8) is 0 Å². The minimum atomic E-state index is -0.395. The van der Waals surface area contributed by atoms with Crippen molar-refractivity contribution >= 4 is 11.8 Å². The summed E-state index contributed by atoms with van der Waals surface area (Å²) >= 11 is 0. The lowest BCUT2D eigenvalue weighted by Gasteiger charge is -2.36. The molecule has 2 amide bonds. The Kier molecular flexibility index (Phi) is 6.16. The molecule has 1 unspecified atom stereocenters. The van der Waals surface area contributed by atoms with Crippen molar-refractivity contribution in [2.45, 2.75) is 19.0 Å². The quantitative estimate of drug-likeness (QED) is 0.487. The summed E-state index contributed by atoms with van der Waals surface area (Å²) in [5.41, 5.74) is 3.00. The molecule has 0 aliphatic carbocycles. The zero-order valence-electron chi connectivity index (χ0n) is 18.7. The number of pyridine rings is 1. The van der Waals surface area contributed by atoms with Crippen molar-refractivity contribution in [1.29, 1.82) is 0 Å². The van der Waals surface area contributed by atoms with Gasteiger partial charge in [0.15, 0.2) is 0 Å². The molecule has 2 aromatic carbocycles. The van der Waals surface area contributed by atoms with Gasteiger partial charge in [0.25, 0.3) is 11.8 Å². The fraction of sp³-hybridized carbons (Fsp3) is 0.185. The second-order valence-corrected chi connectivity index (χ2v) is 8.22. The lowest BCUT2D eigenvalue weighted by Crippen LogP contribution is -2.42. The summed E-state index contributed by atoms with van der Waals surface area (Å²) in [6.45, 7) is 1.60. The van der Waals surface area contributed by atoms with Gasteiger partial charge in [-0.15, -0.1) is 0 Å². The Morgan fingerprint density at radius 2 is 1.71 bits per heavy atom. The van der Waals surface area contributed by atoms with Crippen LogP contribution in [0, 0.1) is 0 Å². The van der Waals surface area contributed by atoms with Gasteiger partial charge in [0.2, 0.25) is 0 Å². The number of amides is 2. The Hall–Kier alpha value is -4.26. The second kappa shape index (κ2) is 9.70. The summed E-state index contributed by atoms with van der Waals surface area (Å²) in [5, 5.41) is 2.97. The van der Waals surface area contributed by atoms with Gasteiger partial charge in [-0.25, -0.2) is 4.98 Å². The number of hydrogen-bond donors (Lipinski definition) is 1. The molecule has 1 atom stereocenters. The molecule has 1 aliphatic heterocycles. The van der Waals surface area contributed by atoms with E-state index in [2.05, 4.69) is 10.3 Å². The van der Waals surface area contributed by atoms with Gasteiger partial charge in [0.05, 0.1) is 5.56 Å². The molecular weight excluding hydrogens is 426 g/mol. The van der Waals surface area contributed by atoms with Gasteiger partial charge in [0, 0.05) is 38.2 Å². The van der Waals surface area contributed by atoms with Crippen LogP contribution >= 0.6 is 0 Å². The molecule has 3 heterocycles. The molecule has 1 aliphatic rings. The average molecular weight is 452 g/mol. The maximum Gasteiger partial charge on any atom is 0.271 e. The van der Waals surface area contributed by atoms with Crippen LogP contribution in [0.25, 0.3) is 0 Å². The molecule has 2 aromatic heterocycles. The summed E-state index contributed by atoms with van der Waals surface area (Å²) in [5.74, 6) is 0.364. The number of nitrogens with one attached hydrogen (secondary N) is 1. The van der Waals surface area contributed by atoms with Crippen LogP contribution in [0.3, 0.4) is 0 Å². The van der Waals surface area contributed by atoms with Crippen molar-refractivity contribution < 1.29 is 9.59 Å². The Balaban J connectivity index is 1.40. The molecule has 0 saturated heterocycles. The molecule has 4 aromatic rings. The van der Waals surface area contributed by atoms with Crippen molar-refractivity contribution in [3.05, 3.63) is 120 Å². The summed E-state index contributed by atoms with van der Waals surface area (Å²) in [6.07, 6.45) is 5.77.